The number of nitrogens with one attached hydrogen (secondary N) is 1. The van der Waals surface area contributed by atoms with E-state index in [0.29, 0.717) is 24.3 Å². The highest BCUT2D eigenvalue weighted by atomic mass is 32.2. The lowest BCUT2D eigenvalue weighted by atomic mass is 10.0. The van der Waals surface area contributed by atoms with Crippen LogP contribution < -0.4 is 14.4 Å². The lowest BCUT2D eigenvalue weighted by molar-refractivity contribution is -0.384. The van der Waals surface area contributed by atoms with Gasteiger partial charge in [0.2, 0.25) is 11.8 Å². The molecule has 0 spiro atoms. The van der Waals surface area contributed by atoms with Crippen molar-refractivity contribution in [3.8, 4) is 5.75 Å². The van der Waals surface area contributed by atoms with E-state index in [4.69, 9.17) is 4.74 Å². The first kappa shape index (κ1) is 33.7. The van der Waals surface area contributed by atoms with Crippen LogP contribution in [-0.2, 0) is 32.6 Å². The summed E-state index contributed by atoms with van der Waals surface area (Å²) in [5.41, 5.74) is 1.05. The molecular weight excluding hydrogens is 608 g/mol. The average Bonchev–Trinajstić information content (AvgIpc) is 3.08. The molecule has 4 aromatic rings. The SMILES string of the molecule is CCCNC(=O)[C@H](Cc1ccccc1)N(Cc1cccc(OC)c1)C(=O)CN(c1cccc([N+](=O)[O-])c1)S(=O)(=O)c1ccccc1. The van der Waals surface area contributed by atoms with Crippen LogP contribution in [0.3, 0.4) is 0 Å². The van der Waals surface area contributed by atoms with Gasteiger partial charge >= 0.3 is 0 Å². The van der Waals surface area contributed by atoms with Crippen LogP contribution in [0.5, 0.6) is 5.75 Å². The van der Waals surface area contributed by atoms with Gasteiger partial charge in [0, 0.05) is 31.6 Å². The summed E-state index contributed by atoms with van der Waals surface area (Å²) in [5, 5.41) is 14.5. The number of amides is 2. The second-order valence-electron chi connectivity index (χ2n) is 10.5. The fourth-order valence-electron chi connectivity index (χ4n) is 4.90. The summed E-state index contributed by atoms with van der Waals surface area (Å²) in [5.74, 6) is -0.527. The quantitative estimate of drug-likeness (QED) is 0.143. The molecule has 46 heavy (non-hydrogen) atoms. The van der Waals surface area contributed by atoms with Gasteiger partial charge in [0.25, 0.3) is 15.7 Å². The molecule has 0 radical (unpaired) electrons. The lowest BCUT2D eigenvalue weighted by Gasteiger charge is -2.34. The number of nitrogens with zero attached hydrogens (tertiary/aromatic N) is 3. The molecular formula is C34H36N4O7S. The first-order chi connectivity index (χ1) is 22.1. The number of methoxy groups -OCH3 is 1. The molecule has 11 nitrogen and oxygen atoms in total. The van der Waals surface area contributed by atoms with E-state index in [1.807, 2.05) is 37.3 Å². The van der Waals surface area contributed by atoms with Gasteiger partial charge in [-0.1, -0.05) is 73.7 Å². The standard InChI is InChI=1S/C34H36N4O7S/c1-3-20-35-34(40)32(22-26-12-6-4-7-13-26)36(24-27-14-10-17-30(21-27)45-2)33(39)25-37(28-15-11-16-29(23-28)38(41)42)46(43,44)31-18-8-5-9-19-31/h4-19,21,23,32H,3,20,22,24-25H2,1-2H3,(H,35,40)/t32-/m0/s1. The van der Waals surface area contributed by atoms with Crippen LogP contribution in [0.15, 0.2) is 114 Å². The first-order valence-corrected chi connectivity index (χ1v) is 16.1. The number of benzene rings is 4. The molecule has 1 N–H and O–H groups in total. The third-order valence-corrected chi connectivity index (χ3v) is 9.03. The summed E-state index contributed by atoms with van der Waals surface area (Å²) in [4.78, 5) is 40.4. The Balaban J connectivity index is 1.83. The highest BCUT2D eigenvalue weighted by Crippen LogP contribution is 2.28. The lowest BCUT2D eigenvalue weighted by Crippen LogP contribution is -2.53. The molecule has 0 saturated carbocycles. The molecule has 0 unspecified atom stereocenters. The van der Waals surface area contributed by atoms with Crippen molar-refractivity contribution in [1.82, 2.24) is 10.2 Å². The predicted octanol–water partition coefficient (Wildman–Crippen LogP) is 4.97. The van der Waals surface area contributed by atoms with E-state index in [-0.39, 0.29) is 29.2 Å². The van der Waals surface area contributed by atoms with E-state index in [9.17, 15) is 28.1 Å². The molecule has 0 fully saturated rings. The average molecular weight is 645 g/mol. The van der Waals surface area contributed by atoms with Gasteiger partial charge in [-0.25, -0.2) is 8.42 Å². The van der Waals surface area contributed by atoms with E-state index in [0.717, 1.165) is 15.9 Å². The summed E-state index contributed by atoms with van der Waals surface area (Å²) >= 11 is 0. The van der Waals surface area contributed by atoms with Crippen LogP contribution in [0, 0.1) is 10.1 Å². The summed E-state index contributed by atoms with van der Waals surface area (Å²) in [6.07, 6.45) is 0.831. The van der Waals surface area contributed by atoms with Crippen LogP contribution in [-0.4, -0.2) is 56.3 Å². The van der Waals surface area contributed by atoms with Crippen LogP contribution in [0.2, 0.25) is 0 Å². The third kappa shape index (κ3) is 8.48. The minimum absolute atomic E-state index is 0.0404. The Kier molecular flexibility index (Phi) is 11.5. The molecule has 0 aromatic heterocycles. The smallest absolute Gasteiger partial charge is 0.271 e. The number of ether oxygens (including phenoxy) is 1. The molecule has 0 heterocycles. The largest absolute Gasteiger partial charge is 0.497 e. The van der Waals surface area contributed by atoms with Gasteiger partial charge < -0.3 is 15.0 Å². The minimum Gasteiger partial charge on any atom is -0.497 e. The van der Waals surface area contributed by atoms with E-state index < -0.39 is 39.3 Å². The Hall–Kier alpha value is -5.23. The summed E-state index contributed by atoms with van der Waals surface area (Å²) < 4.78 is 34.3. The molecule has 4 aromatic carbocycles. The fourth-order valence-corrected chi connectivity index (χ4v) is 6.32. The van der Waals surface area contributed by atoms with Crippen LogP contribution in [0.4, 0.5) is 11.4 Å². The number of anilines is 1. The first-order valence-electron chi connectivity index (χ1n) is 14.7. The third-order valence-electron chi connectivity index (χ3n) is 7.25. The van der Waals surface area contributed by atoms with Gasteiger partial charge in [-0.3, -0.25) is 24.0 Å². The van der Waals surface area contributed by atoms with E-state index in [1.165, 1.54) is 42.3 Å². The van der Waals surface area contributed by atoms with Gasteiger partial charge in [0.05, 0.1) is 22.6 Å². The Bertz CT molecular complexity index is 1750. The van der Waals surface area contributed by atoms with Gasteiger partial charge in [0.15, 0.2) is 0 Å². The number of sulfonamides is 1. The van der Waals surface area contributed by atoms with Crippen LogP contribution in [0.1, 0.15) is 24.5 Å². The molecule has 2 amide bonds. The number of hydrogen-bond donors (Lipinski definition) is 1. The molecule has 12 heteroatoms. The number of carbonyl (C=O) groups is 2. The number of carbonyl (C=O) groups excluding carboxylic acids is 2. The molecule has 4 rings (SSSR count). The Morgan fingerprint density at radius 2 is 1.54 bits per heavy atom. The van der Waals surface area contributed by atoms with E-state index in [2.05, 4.69) is 5.32 Å². The van der Waals surface area contributed by atoms with Crippen molar-refractivity contribution in [3.05, 3.63) is 130 Å². The number of nitro groups is 1. The zero-order chi connectivity index (χ0) is 33.1. The number of rotatable bonds is 15. The maximum absolute atomic E-state index is 14.5. The molecule has 0 aliphatic heterocycles. The van der Waals surface area contributed by atoms with Gasteiger partial charge in [-0.05, 0) is 47.9 Å². The summed E-state index contributed by atoms with van der Waals surface area (Å²) in [6, 6.07) is 27.8. The Labute approximate surface area is 268 Å². The zero-order valence-electron chi connectivity index (χ0n) is 25.6. The highest BCUT2D eigenvalue weighted by Gasteiger charge is 2.35. The Morgan fingerprint density at radius 1 is 0.891 bits per heavy atom. The maximum atomic E-state index is 14.5. The van der Waals surface area contributed by atoms with Crippen molar-refractivity contribution >= 4 is 33.2 Å². The normalized spacial score (nSPS) is 11.7. The fraction of sp³-hybridized carbons (Fsp3) is 0.235. The van der Waals surface area contributed by atoms with Crippen molar-refractivity contribution in [2.75, 3.05) is 24.5 Å². The van der Waals surface area contributed by atoms with Crippen molar-refractivity contribution in [3.63, 3.8) is 0 Å². The zero-order valence-corrected chi connectivity index (χ0v) is 26.4. The van der Waals surface area contributed by atoms with Crippen molar-refractivity contribution < 1.29 is 27.7 Å². The van der Waals surface area contributed by atoms with Gasteiger partial charge in [0.1, 0.15) is 18.3 Å². The highest BCUT2D eigenvalue weighted by molar-refractivity contribution is 7.92. The van der Waals surface area contributed by atoms with Gasteiger partial charge in [-0.15, -0.1) is 0 Å². The van der Waals surface area contributed by atoms with Crippen LogP contribution >= 0.6 is 0 Å². The molecule has 0 aliphatic rings. The monoisotopic (exact) mass is 644 g/mol. The summed E-state index contributed by atoms with van der Waals surface area (Å²) in [6.45, 7) is 1.53. The number of nitro benzene ring substituents is 1. The topological polar surface area (TPSA) is 139 Å². The summed E-state index contributed by atoms with van der Waals surface area (Å²) in [7, 11) is -2.87. The van der Waals surface area contributed by atoms with E-state index >= 15 is 0 Å². The minimum atomic E-state index is -4.39. The second-order valence-corrected chi connectivity index (χ2v) is 12.3. The molecule has 1 atom stereocenters. The second kappa shape index (κ2) is 15.7. The number of hydrogen-bond acceptors (Lipinski definition) is 7. The molecule has 240 valence electrons. The molecule has 0 saturated heterocycles. The van der Waals surface area contributed by atoms with Crippen molar-refractivity contribution in [2.24, 2.45) is 0 Å². The predicted molar refractivity (Wildman–Crippen MR) is 175 cm³/mol. The Morgan fingerprint density at radius 3 is 2.20 bits per heavy atom. The maximum Gasteiger partial charge on any atom is 0.271 e. The van der Waals surface area contributed by atoms with Gasteiger partial charge in [-0.2, -0.15) is 0 Å². The van der Waals surface area contributed by atoms with Crippen molar-refractivity contribution in [2.45, 2.75) is 37.2 Å². The molecule has 0 aliphatic carbocycles. The van der Waals surface area contributed by atoms with E-state index in [1.54, 1.807) is 42.5 Å². The van der Waals surface area contributed by atoms with Crippen molar-refractivity contribution in [1.29, 1.82) is 0 Å². The molecule has 0 bridgehead atoms. The number of non-ortho nitro benzene ring substituents is 1. The van der Waals surface area contributed by atoms with Crippen LogP contribution in [0.25, 0.3) is 0 Å².